The molecule has 0 radical (unpaired) electrons. The standard InChI is InChI=1S/C12H16N2O4S/c1-8(9-3-4-9)13-11-6-5-10(19(2,17)18)7-12(11)14(15)16/h5-9,13H,3-4H2,1-2H3/t8-/m1/s1. The molecule has 1 fully saturated rings. The lowest BCUT2D eigenvalue weighted by Crippen LogP contribution is -2.18. The van der Waals surface area contributed by atoms with Crippen molar-refractivity contribution in [3.63, 3.8) is 0 Å². The number of nitrogens with one attached hydrogen (secondary N) is 1. The molecular formula is C12H16N2O4S. The molecular weight excluding hydrogens is 268 g/mol. The van der Waals surface area contributed by atoms with Crippen LogP contribution in [0, 0.1) is 16.0 Å². The summed E-state index contributed by atoms with van der Waals surface area (Å²) in [7, 11) is -3.44. The second-order valence-electron chi connectivity index (χ2n) is 4.98. The summed E-state index contributed by atoms with van der Waals surface area (Å²) in [5, 5.41) is 14.1. The molecule has 0 saturated heterocycles. The van der Waals surface area contributed by atoms with E-state index in [0.717, 1.165) is 25.2 Å². The third kappa shape index (κ3) is 3.23. The number of benzene rings is 1. The summed E-state index contributed by atoms with van der Waals surface area (Å²) in [6.07, 6.45) is 3.29. The van der Waals surface area contributed by atoms with Gasteiger partial charge in [0.05, 0.1) is 9.82 Å². The molecule has 6 nitrogen and oxygen atoms in total. The van der Waals surface area contributed by atoms with Crippen LogP contribution in [0.15, 0.2) is 23.1 Å². The minimum Gasteiger partial charge on any atom is -0.377 e. The molecule has 0 aromatic heterocycles. The van der Waals surface area contributed by atoms with E-state index < -0.39 is 14.8 Å². The highest BCUT2D eigenvalue weighted by molar-refractivity contribution is 7.90. The average molecular weight is 284 g/mol. The lowest BCUT2D eigenvalue weighted by atomic mass is 10.2. The van der Waals surface area contributed by atoms with Crippen LogP contribution < -0.4 is 5.32 Å². The molecule has 1 aliphatic rings. The van der Waals surface area contributed by atoms with Crippen molar-refractivity contribution in [3.8, 4) is 0 Å². The van der Waals surface area contributed by atoms with Crippen molar-refractivity contribution in [3.05, 3.63) is 28.3 Å². The van der Waals surface area contributed by atoms with Crippen molar-refractivity contribution in [1.82, 2.24) is 0 Å². The SMILES string of the molecule is C[C@@H](Nc1ccc(S(C)(=O)=O)cc1[N+](=O)[O-])C1CC1. The van der Waals surface area contributed by atoms with Crippen molar-refractivity contribution < 1.29 is 13.3 Å². The Hall–Kier alpha value is -1.63. The van der Waals surface area contributed by atoms with Gasteiger partial charge in [-0.05, 0) is 37.8 Å². The van der Waals surface area contributed by atoms with Gasteiger partial charge in [0.15, 0.2) is 9.84 Å². The average Bonchev–Trinajstić information content (AvgIpc) is 3.11. The Morgan fingerprint density at radius 3 is 2.53 bits per heavy atom. The minimum atomic E-state index is -3.44. The molecule has 0 aliphatic heterocycles. The number of hydrogen-bond acceptors (Lipinski definition) is 5. The summed E-state index contributed by atoms with van der Waals surface area (Å²) in [6.45, 7) is 1.98. The summed E-state index contributed by atoms with van der Waals surface area (Å²) >= 11 is 0. The predicted octanol–water partition coefficient (Wildman–Crippen LogP) is 2.21. The van der Waals surface area contributed by atoms with E-state index in [1.807, 2.05) is 6.92 Å². The Morgan fingerprint density at radius 1 is 1.42 bits per heavy atom. The summed E-state index contributed by atoms with van der Waals surface area (Å²) in [6, 6.07) is 4.12. The van der Waals surface area contributed by atoms with Crippen LogP contribution in [0.4, 0.5) is 11.4 Å². The van der Waals surface area contributed by atoms with Gasteiger partial charge in [-0.1, -0.05) is 0 Å². The van der Waals surface area contributed by atoms with E-state index in [2.05, 4.69) is 5.32 Å². The maximum atomic E-state index is 11.4. The van der Waals surface area contributed by atoms with E-state index in [9.17, 15) is 18.5 Å². The molecule has 1 N–H and O–H groups in total. The topological polar surface area (TPSA) is 89.3 Å². The summed E-state index contributed by atoms with van der Waals surface area (Å²) in [5.74, 6) is 0.550. The minimum absolute atomic E-state index is 0.0381. The molecule has 0 bridgehead atoms. The molecule has 0 amide bonds. The van der Waals surface area contributed by atoms with Gasteiger partial charge in [0.1, 0.15) is 5.69 Å². The summed E-state index contributed by atoms with van der Waals surface area (Å²) in [4.78, 5) is 10.4. The highest BCUT2D eigenvalue weighted by atomic mass is 32.2. The van der Waals surface area contributed by atoms with Crippen molar-refractivity contribution in [1.29, 1.82) is 0 Å². The second kappa shape index (κ2) is 4.80. The fraction of sp³-hybridized carbons (Fsp3) is 0.500. The Kier molecular flexibility index (Phi) is 3.49. The zero-order valence-electron chi connectivity index (χ0n) is 10.8. The molecule has 1 saturated carbocycles. The molecule has 7 heteroatoms. The van der Waals surface area contributed by atoms with Crippen molar-refractivity contribution in [2.75, 3.05) is 11.6 Å². The van der Waals surface area contributed by atoms with Gasteiger partial charge in [-0.2, -0.15) is 0 Å². The number of sulfone groups is 1. The second-order valence-corrected chi connectivity index (χ2v) is 6.99. The molecule has 0 spiro atoms. The number of nitro benzene ring substituents is 1. The molecule has 19 heavy (non-hydrogen) atoms. The Labute approximate surface area is 111 Å². The largest absolute Gasteiger partial charge is 0.377 e. The van der Waals surface area contributed by atoms with Crippen molar-refractivity contribution in [2.24, 2.45) is 5.92 Å². The first kappa shape index (κ1) is 13.8. The normalized spacial score (nSPS) is 16.9. The highest BCUT2D eigenvalue weighted by Gasteiger charge is 2.29. The van der Waals surface area contributed by atoms with Gasteiger partial charge in [0.25, 0.3) is 5.69 Å². The Balaban J connectivity index is 2.35. The van der Waals surface area contributed by atoms with Crippen LogP contribution in [0.3, 0.4) is 0 Å². The molecule has 1 aromatic carbocycles. The molecule has 0 unspecified atom stereocenters. The molecule has 2 rings (SSSR count). The lowest BCUT2D eigenvalue weighted by Gasteiger charge is -2.14. The van der Waals surface area contributed by atoms with Gasteiger partial charge < -0.3 is 5.32 Å². The molecule has 1 aliphatic carbocycles. The van der Waals surface area contributed by atoms with E-state index in [1.54, 1.807) is 0 Å². The predicted molar refractivity (Wildman–Crippen MR) is 72.0 cm³/mol. The van der Waals surface area contributed by atoms with Gasteiger partial charge in [-0.25, -0.2) is 8.42 Å². The first-order chi connectivity index (χ1) is 8.79. The van der Waals surface area contributed by atoms with E-state index in [4.69, 9.17) is 0 Å². The monoisotopic (exact) mass is 284 g/mol. The maximum absolute atomic E-state index is 11.4. The van der Waals surface area contributed by atoms with Gasteiger partial charge in [-0.3, -0.25) is 10.1 Å². The Bertz CT molecular complexity index is 608. The van der Waals surface area contributed by atoms with Crippen LogP contribution in [0.25, 0.3) is 0 Å². The van der Waals surface area contributed by atoms with Crippen molar-refractivity contribution in [2.45, 2.75) is 30.7 Å². The van der Waals surface area contributed by atoms with Gasteiger partial charge in [0, 0.05) is 18.4 Å². The van der Waals surface area contributed by atoms with Gasteiger partial charge in [0.2, 0.25) is 0 Å². The van der Waals surface area contributed by atoms with Gasteiger partial charge in [-0.15, -0.1) is 0 Å². The van der Waals surface area contributed by atoms with Crippen LogP contribution in [0.5, 0.6) is 0 Å². The van der Waals surface area contributed by atoms with Crippen LogP contribution >= 0.6 is 0 Å². The number of rotatable bonds is 5. The van der Waals surface area contributed by atoms with E-state index in [-0.39, 0.29) is 16.6 Å². The number of anilines is 1. The zero-order valence-corrected chi connectivity index (χ0v) is 11.6. The lowest BCUT2D eigenvalue weighted by molar-refractivity contribution is -0.384. The quantitative estimate of drug-likeness (QED) is 0.661. The van der Waals surface area contributed by atoms with E-state index in [1.165, 1.54) is 12.1 Å². The van der Waals surface area contributed by atoms with Crippen LogP contribution in [-0.4, -0.2) is 25.6 Å². The van der Waals surface area contributed by atoms with E-state index in [0.29, 0.717) is 11.6 Å². The summed E-state index contributed by atoms with van der Waals surface area (Å²) in [5.41, 5.74) is 0.173. The highest BCUT2D eigenvalue weighted by Crippen LogP contribution is 2.36. The molecule has 0 heterocycles. The maximum Gasteiger partial charge on any atom is 0.293 e. The van der Waals surface area contributed by atoms with Crippen molar-refractivity contribution >= 4 is 21.2 Å². The fourth-order valence-electron chi connectivity index (χ4n) is 1.97. The zero-order chi connectivity index (χ0) is 14.2. The first-order valence-corrected chi connectivity index (χ1v) is 7.93. The van der Waals surface area contributed by atoms with Crippen LogP contribution in [0.2, 0.25) is 0 Å². The first-order valence-electron chi connectivity index (χ1n) is 6.04. The number of nitro groups is 1. The Morgan fingerprint density at radius 2 is 2.05 bits per heavy atom. The van der Waals surface area contributed by atoms with E-state index >= 15 is 0 Å². The van der Waals surface area contributed by atoms with Gasteiger partial charge >= 0.3 is 0 Å². The fourth-order valence-corrected chi connectivity index (χ4v) is 2.62. The number of hydrogen-bond donors (Lipinski definition) is 1. The molecule has 1 atom stereocenters. The smallest absolute Gasteiger partial charge is 0.293 e. The molecule has 104 valence electrons. The van der Waals surface area contributed by atoms with Crippen LogP contribution in [-0.2, 0) is 9.84 Å². The molecule has 1 aromatic rings. The summed E-state index contributed by atoms with van der Waals surface area (Å²) < 4.78 is 22.8. The van der Waals surface area contributed by atoms with Crippen LogP contribution in [0.1, 0.15) is 19.8 Å². The number of nitrogens with zero attached hydrogens (tertiary/aromatic N) is 1. The third-order valence-electron chi connectivity index (χ3n) is 3.31. The third-order valence-corrected chi connectivity index (χ3v) is 4.42.